The number of para-hydroxylation sites is 1. The zero-order chi connectivity index (χ0) is 17.7. The van der Waals surface area contributed by atoms with Gasteiger partial charge in [-0.2, -0.15) is 13.2 Å². The molecule has 2 nitrogen and oxygen atoms in total. The molecule has 0 spiro atoms. The van der Waals surface area contributed by atoms with Crippen LogP contribution in [0.15, 0.2) is 48.5 Å². The first-order chi connectivity index (χ1) is 11.3. The molecule has 0 aliphatic carbocycles. The van der Waals surface area contributed by atoms with Gasteiger partial charge in [0.2, 0.25) is 5.91 Å². The van der Waals surface area contributed by atoms with Crippen LogP contribution in [-0.4, -0.2) is 11.2 Å². The summed E-state index contributed by atoms with van der Waals surface area (Å²) in [4.78, 5) is 12.2. The van der Waals surface area contributed by atoms with E-state index in [1.165, 1.54) is 30.0 Å². The molecule has 1 amide bonds. The Morgan fingerprint density at radius 1 is 1.17 bits per heavy atom. The van der Waals surface area contributed by atoms with Gasteiger partial charge >= 0.3 is 6.18 Å². The number of carbonyl (C=O) groups is 1. The van der Waals surface area contributed by atoms with Gasteiger partial charge in [0.15, 0.2) is 0 Å². The maximum absolute atomic E-state index is 13.0. The molecule has 24 heavy (non-hydrogen) atoms. The molecule has 0 heterocycles. The van der Waals surface area contributed by atoms with E-state index in [4.69, 9.17) is 0 Å². The van der Waals surface area contributed by atoms with E-state index < -0.39 is 22.9 Å². The molecule has 0 radical (unpaired) electrons. The van der Waals surface area contributed by atoms with E-state index >= 15 is 0 Å². The Labute approximate surface area is 143 Å². The van der Waals surface area contributed by atoms with Crippen LogP contribution < -0.4 is 5.32 Å². The zero-order valence-electron chi connectivity index (χ0n) is 13.4. The van der Waals surface area contributed by atoms with Crippen molar-refractivity contribution in [2.24, 2.45) is 0 Å². The van der Waals surface area contributed by atoms with E-state index in [0.29, 0.717) is 5.75 Å². The van der Waals surface area contributed by atoms with E-state index in [2.05, 4.69) is 5.32 Å². The Hall–Kier alpha value is -1.95. The standard InChI is InChI=1S/C18H18F3NOS/c1-12-6-5-7-14(10-12)11-24-13(2)17(23)22-16-9-4-3-8-15(16)18(19,20)21/h3-10,13H,11H2,1-2H3,(H,22,23). The molecule has 2 aromatic rings. The number of rotatable bonds is 5. The van der Waals surface area contributed by atoms with Gasteiger partial charge in [-0.15, -0.1) is 11.8 Å². The lowest BCUT2D eigenvalue weighted by molar-refractivity contribution is -0.137. The van der Waals surface area contributed by atoms with E-state index in [-0.39, 0.29) is 5.69 Å². The Balaban J connectivity index is 2.00. The quantitative estimate of drug-likeness (QED) is 0.793. The van der Waals surface area contributed by atoms with Crippen molar-refractivity contribution in [3.05, 3.63) is 65.2 Å². The third-order valence-electron chi connectivity index (χ3n) is 3.44. The molecule has 0 saturated carbocycles. The molecule has 0 bridgehead atoms. The van der Waals surface area contributed by atoms with Crippen LogP contribution in [0.2, 0.25) is 0 Å². The van der Waals surface area contributed by atoms with Gasteiger partial charge in [-0.3, -0.25) is 4.79 Å². The van der Waals surface area contributed by atoms with Crippen molar-refractivity contribution in [1.29, 1.82) is 0 Å². The molecule has 1 N–H and O–H groups in total. The molecular formula is C18H18F3NOS. The summed E-state index contributed by atoms with van der Waals surface area (Å²) in [7, 11) is 0. The maximum atomic E-state index is 13.0. The van der Waals surface area contributed by atoms with Crippen molar-refractivity contribution in [2.75, 3.05) is 5.32 Å². The first kappa shape index (κ1) is 18.4. The normalized spacial score (nSPS) is 12.7. The van der Waals surface area contributed by atoms with Gasteiger partial charge in [0.25, 0.3) is 0 Å². The van der Waals surface area contributed by atoms with Gasteiger partial charge in [-0.1, -0.05) is 42.0 Å². The van der Waals surface area contributed by atoms with Crippen LogP contribution in [0.5, 0.6) is 0 Å². The summed E-state index contributed by atoms with van der Waals surface area (Å²) in [5.41, 5.74) is 1.16. The van der Waals surface area contributed by atoms with E-state index in [9.17, 15) is 18.0 Å². The van der Waals surface area contributed by atoms with Crippen molar-refractivity contribution in [3.8, 4) is 0 Å². The highest BCUT2D eigenvalue weighted by atomic mass is 32.2. The minimum Gasteiger partial charge on any atom is -0.325 e. The van der Waals surface area contributed by atoms with Gasteiger partial charge in [-0.25, -0.2) is 0 Å². The van der Waals surface area contributed by atoms with E-state index in [1.54, 1.807) is 6.92 Å². The highest BCUT2D eigenvalue weighted by Crippen LogP contribution is 2.34. The monoisotopic (exact) mass is 353 g/mol. The number of hydrogen-bond donors (Lipinski definition) is 1. The van der Waals surface area contributed by atoms with Crippen LogP contribution in [0.3, 0.4) is 0 Å². The van der Waals surface area contributed by atoms with Gasteiger partial charge in [-0.05, 0) is 31.5 Å². The lowest BCUT2D eigenvalue weighted by Gasteiger charge is -2.16. The molecular weight excluding hydrogens is 335 g/mol. The molecule has 2 rings (SSSR count). The third-order valence-corrected chi connectivity index (χ3v) is 4.66. The fourth-order valence-corrected chi connectivity index (χ4v) is 3.00. The predicted octanol–water partition coefficient (Wildman–Crippen LogP) is 5.27. The number of thioether (sulfide) groups is 1. The SMILES string of the molecule is Cc1cccc(CSC(C)C(=O)Nc2ccccc2C(F)(F)F)c1. The number of anilines is 1. The minimum atomic E-state index is -4.50. The fourth-order valence-electron chi connectivity index (χ4n) is 2.17. The lowest BCUT2D eigenvalue weighted by Crippen LogP contribution is -2.24. The van der Waals surface area contributed by atoms with Gasteiger partial charge in [0.05, 0.1) is 16.5 Å². The second kappa shape index (κ2) is 7.75. The van der Waals surface area contributed by atoms with Gasteiger partial charge < -0.3 is 5.32 Å². The largest absolute Gasteiger partial charge is 0.418 e. The summed E-state index contributed by atoms with van der Waals surface area (Å²) in [6.07, 6.45) is -4.50. The minimum absolute atomic E-state index is 0.210. The first-order valence-corrected chi connectivity index (χ1v) is 8.46. The second-order valence-corrected chi connectivity index (χ2v) is 6.80. The summed E-state index contributed by atoms with van der Waals surface area (Å²) in [6, 6.07) is 12.9. The lowest BCUT2D eigenvalue weighted by atomic mass is 10.1. The summed E-state index contributed by atoms with van der Waals surface area (Å²) in [6.45, 7) is 3.67. The molecule has 0 fully saturated rings. The maximum Gasteiger partial charge on any atom is 0.418 e. The highest BCUT2D eigenvalue weighted by molar-refractivity contribution is 7.99. The molecule has 0 aliphatic heterocycles. The molecule has 0 saturated heterocycles. The molecule has 1 unspecified atom stereocenters. The number of halogens is 3. The summed E-state index contributed by atoms with van der Waals surface area (Å²) >= 11 is 1.39. The molecule has 6 heteroatoms. The number of hydrogen-bond acceptors (Lipinski definition) is 2. The average Bonchev–Trinajstić information content (AvgIpc) is 2.52. The Morgan fingerprint density at radius 3 is 2.54 bits per heavy atom. The van der Waals surface area contributed by atoms with Crippen LogP contribution in [0.4, 0.5) is 18.9 Å². The third kappa shape index (κ3) is 5.03. The second-order valence-electron chi connectivity index (χ2n) is 5.47. The van der Waals surface area contributed by atoms with E-state index in [1.807, 2.05) is 31.2 Å². The molecule has 1 atom stereocenters. The Kier molecular flexibility index (Phi) is 5.94. The number of nitrogens with one attached hydrogen (secondary N) is 1. The predicted molar refractivity (Wildman–Crippen MR) is 92.0 cm³/mol. The molecule has 2 aromatic carbocycles. The average molecular weight is 353 g/mol. The Bertz CT molecular complexity index is 715. The molecule has 0 aliphatic rings. The number of aryl methyl sites for hydroxylation is 1. The Morgan fingerprint density at radius 2 is 1.88 bits per heavy atom. The van der Waals surface area contributed by atoms with Crippen molar-refractivity contribution < 1.29 is 18.0 Å². The van der Waals surface area contributed by atoms with Crippen LogP contribution in [-0.2, 0) is 16.7 Å². The number of amides is 1. The van der Waals surface area contributed by atoms with Crippen LogP contribution in [0.1, 0.15) is 23.6 Å². The topological polar surface area (TPSA) is 29.1 Å². The summed E-state index contributed by atoms with van der Waals surface area (Å²) in [5.74, 6) is 0.182. The molecule has 128 valence electrons. The number of benzene rings is 2. The van der Waals surface area contributed by atoms with Crippen molar-refractivity contribution >= 4 is 23.4 Å². The van der Waals surface area contributed by atoms with Crippen LogP contribution >= 0.6 is 11.8 Å². The van der Waals surface area contributed by atoms with Crippen molar-refractivity contribution in [1.82, 2.24) is 0 Å². The van der Waals surface area contributed by atoms with Crippen LogP contribution in [0.25, 0.3) is 0 Å². The van der Waals surface area contributed by atoms with Crippen molar-refractivity contribution in [3.63, 3.8) is 0 Å². The first-order valence-electron chi connectivity index (χ1n) is 7.41. The van der Waals surface area contributed by atoms with Gasteiger partial charge in [0, 0.05) is 5.75 Å². The highest BCUT2D eigenvalue weighted by Gasteiger charge is 2.33. The zero-order valence-corrected chi connectivity index (χ0v) is 14.2. The van der Waals surface area contributed by atoms with Gasteiger partial charge in [0.1, 0.15) is 0 Å². The number of carbonyl (C=O) groups excluding carboxylic acids is 1. The number of alkyl halides is 3. The fraction of sp³-hybridized carbons (Fsp3) is 0.278. The van der Waals surface area contributed by atoms with Crippen LogP contribution in [0, 0.1) is 6.92 Å². The smallest absolute Gasteiger partial charge is 0.325 e. The van der Waals surface area contributed by atoms with Crippen molar-refractivity contribution in [2.45, 2.75) is 31.0 Å². The summed E-state index contributed by atoms with van der Waals surface area (Å²) < 4.78 is 38.9. The van der Waals surface area contributed by atoms with E-state index in [0.717, 1.165) is 17.2 Å². The summed E-state index contributed by atoms with van der Waals surface area (Å²) in [5, 5.41) is 1.92. The molecule has 0 aromatic heterocycles.